The molecule has 1 fully saturated rings. The third-order valence-electron chi connectivity index (χ3n) is 2.80. The van der Waals surface area contributed by atoms with Gasteiger partial charge < -0.3 is 10.1 Å². The SMILES string of the molecule is CCCN1CCC(=NO)C(CC)C1. The van der Waals surface area contributed by atoms with Crippen LogP contribution in [0.4, 0.5) is 0 Å². The molecule has 0 aromatic carbocycles. The summed E-state index contributed by atoms with van der Waals surface area (Å²) >= 11 is 0. The van der Waals surface area contributed by atoms with Gasteiger partial charge in [-0.1, -0.05) is 19.0 Å². The molecule has 0 spiro atoms. The molecule has 1 heterocycles. The Morgan fingerprint density at radius 3 is 2.85 bits per heavy atom. The third-order valence-corrected chi connectivity index (χ3v) is 2.80. The summed E-state index contributed by atoms with van der Waals surface area (Å²) in [5, 5.41) is 12.2. The summed E-state index contributed by atoms with van der Waals surface area (Å²) in [6.07, 6.45) is 3.23. The molecule has 76 valence electrons. The molecule has 0 aromatic heterocycles. The number of piperidine rings is 1. The lowest BCUT2D eigenvalue weighted by Crippen LogP contribution is -2.40. The first-order valence-corrected chi connectivity index (χ1v) is 5.25. The Balaban J connectivity index is 2.47. The molecule has 0 saturated carbocycles. The highest BCUT2D eigenvalue weighted by Crippen LogP contribution is 2.17. The van der Waals surface area contributed by atoms with E-state index in [1.165, 1.54) is 13.0 Å². The molecule has 0 aliphatic carbocycles. The van der Waals surface area contributed by atoms with Gasteiger partial charge in [0.15, 0.2) is 0 Å². The standard InChI is InChI=1S/C10H20N2O/c1-3-6-12-7-5-10(11-13)9(4-2)8-12/h9,13H,3-8H2,1-2H3. The van der Waals surface area contributed by atoms with Crippen molar-refractivity contribution < 1.29 is 5.21 Å². The maximum absolute atomic E-state index is 8.78. The quantitative estimate of drug-likeness (QED) is 0.537. The maximum atomic E-state index is 8.78. The van der Waals surface area contributed by atoms with Crippen molar-refractivity contribution in [3.8, 4) is 0 Å². The highest BCUT2D eigenvalue weighted by Gasteiger charge is 2.23. The van der Waals surface area contributed by atoms with Gasteiger partial charge in [-0.3, -0.25) is 0 Å². The van der Waals surface area contributed by atoms with Gasteiger partial charge in [-0.15, -0.1) is 0 Å². The van der Waals surface area contributed by atoms with Gasteiger partial charge >= 0.3 is 0 Å². The molecule has 1 aliphatic heterocycles. The number of hydrogen-bond acceptors (Lipinski definition) is 3. The van der Waals surface area contributed by atoms with Gasteiger partial charge in [0.25, 0.3) is 0 Å². The number of likely N-dealkylation sites (tertiary alicyclic amines) is 1. The second kappa shape index (κ2) is 5.22. The minimum Gasteiger partial charge on any atom is -0.411 e. The summed E-state index contributed by atoms with van der Waals surface area (Å²) in [6.45, 7) is 7.67. The molecular weight excluding hydrogens is 164 g/mol. The van der Waals surface area contributed by atoms with E-state index in [0.717, 1.165) is 31.6 Å². The van der Waals surface area contributed by atoms with Crippen LogP contribution in [0, 0.1) is 5.92 Å². The largest absolute Gasteiger partial charge is 0.411 e. The van der Waals surface area contributed by atoms with Gasteiger partial charge in [-0.2, -0.15) is 0 Å². The van der Waals surface area contributed by atoms with Crippen LogP contribution < -0.4 is 0 Å². The van der Waals surface area contributed by atoms with Gasteiger partial charge in [0.2, 0.25) is 0 Å². The van der Waals surface area contributed by atoms with Crippen LogP contribution in [0.25, 0.3) is 0 Å². The first kappa shape index (κ1) is 10.5. The average Bonchev–Trinajstić information content (AvgIpc) is 2.18. The first-order valence-electron chi connectivity index (χ1n) is 5.25. The van der Waals surface area contributed by atoms with E-state index in [9.17, 15) is 0 Å². The monoisotopic (exact) mass is 184 g/mol. The van der Waals surface area contributed by atoms with Crippen LogP contribution in [-0.2, 0) is 0 Å². The van der Waals surface area contributed by atoms with E-state index in [0.29, 0.717) is 5.92 Å². The number of oxime groups is 1. The van der Waals surface area contributed by atoms with Gasteiger partial charge in [0.1, 0.15) is 0 Å². The zero-order valence-electron chi connectivity index (χ0n) is 8.66. The highest BCUT2D eigenvalue weighted by molar-refractivity contribution is 5.87. The van der Waals surface area contributed by atoms with Crippen molar-refractivity contribution in [1.82, 2.24) is 4.90 Å². The lowest BCUT2D eigenvalue weighted by molar-refractivity contribution is 0.228. The fourth-order valence-corrected chi connectivity index (χ4v) is 2.00. The smallest absolute Gasteiger partial charge is 0.0627 e. The molecule has 1 aliphatic rings. The van der Waals surface area contributed by atoms with Gasteiger partial charge in [0.05, 0.1) is 5.71 Å². The average molecular weight is 184 g/mol. The molecule has 1 unspecified atom stereocenters. The lowest BCUT2D eigenvalue weighted by Gasteiger charge is -2.32. The van der Waals surface area contributed by atoms with Crippen molar-refractivity contribution in [1.29, 1.82) is 0 Å². The van der Waals surface area contributed by atoms with Crippen LogP contribution in [0.15, 0.2) is 5.16 Å². The van der Waals surface area contributed by atoms with E-state index >= 15 is 0 Å². The maximum Gasteiger partial charge on any atom is 0.0627 e. The number of rotatable bonds is 3. The predicted octanol–water partition coefficient (Wildman–Crippen LogP) is 1.96. The van der Waals surface area contributed by atoms with E-state index in [4.69, 9.17) is 5.21 Å². The van der Waals surface area contributed by atoms with Crippen molar-refractivity contribution in [2.75, 3.05) is 19.6 Å². The Labute approximate surface area is 80.4 Å². The molecule has 0 aromatic rings. The normalized spacial score (nSPS) is 28.2. The van der Waals surface area contributed by atoms with Gasteiger partial charge in [-0.25, -0.2) is 0 Å². The van der Waals surface area contributed by atoms with Crippen LogP contribution >= 0.6 is 0 Å². The number of nitrogens with zero attached hydrogens (tertiary/aromatic N) is 2. The van der Waals surface area contributed by atoms with Gasteiger partial charge in [0, 0.05) is 25.4 Å². The molecule has 1 rings (SSSR count). The van der Waals surface area contributed by atoms with Crippen LogP contribution in [0.1, 0.15) is 33.1 Å². The molecule has 1 N–H and O–H groups in total. The van der Waals surface area contributed by atoms with Crippen molar-refractivity contribution in [3.05, 3.63) is 0 Å². The lowest BCUT2D eigenvalue weighted by atomic mass is 9.93. The van der Waals surface area contributed by atoms with Crippen LogP contribution in [-0.4, -0.2) is 35.5 Å². The van der Waals surface area contributed by atoms with Crippen molar-refractivity contribution in [2.24, 2.45) is 11.1 Å². The molecule has 1 saturated heterocycles. The van der Waals surface area contributed by atoms with Crippen LogP contribution in [0.5, 0.6) is 0 Å². The van der Waals surface area contributed by atoms with E-state index in [1.807, 2.05) is 0 Å². The number of hydrogen-bond donors (Lipinski definition) is 1. The predicted molar refractivity (Wildman–Crippen MR) is 54.4 cm³/mol. The molecule has 13 heavy (non-hydrogen) atoms. The van der Waals surface area contributed by atoms with Crippen molar-refractivity contribution in [2.45, 2.75) is 33.1 Å². The van der Waals surface area contributed by atoms with Crippen molar-refractivity contribution >= 4 is 5.71 Å². The molecular formula is C10H20N2O. The summed E-state index contributed by atoms with van der Waals surface area (Å²) in [7, 11) is 0. The molecule has 0 amide bonds. The van der Waals surface area contributed by atoms with Crippen molar-refractivity contribution in [3.63, 3.8) is 0 Å². The zero-order chi connectivity index (χ0) is 9.68. The Morgan fingerprint density at radius 2 is 2.31 bits per heavy atom. The molecule has 1 atom stereocenters. The molecule has 3 nitrogen and oxygen atoms in total. The van der Waals surface area contributed by atoms with E-state index in [-0.39, 0.29) is 0 Å². The van der Waals surface area contributed by atoms with E-state index in [2.05, 4.69) is 23.9 Å². The Morgan fingerprint density at radius 1 is 1.54 bits per heavy atom. The Kier molecular flexibility index (Phi) is 4.22. The summed E-state index contributed by atoms with van der Waals surface area (Å²) in [6, 6.07) is 0. The third kappa shape index (κ3) is 2.69. The second-order valence-corrected chi connectivity index (χ2v) is 3.75. The van der Waals surface area contributed by atoms with E-state index in [1.54, 1.807) is 0 Å². The topological polar surface area (TPSA) is 35.8 Å². The molecule has 0 radical (unpaired) electrons. The van der Waals surface area contributed by atoms with Crippen LogP contribution in [0.3, 0.4) is 0 Å². The molecule has 3 heteroatoms. The summed E-state index contributed by atoms with van der Waals surface area (Å²) < 4.78 is 0. The zero-order valence-corrected chi connectivity index (χ0v) is 8.66. The summed E-state index contributed by atoms with van der Waals surface area (Å²) in [5.74, 6) is 0.477. The minimum absolute atomic E-state index is 0.477. The Bertz CT molecular complexity index is 180. The summed E-state index contributed by atoms with van der Waals surface area (Å²) in [4.78, 5) is 2.46. The Hall–Kier alpha value is -0.570. The van der Waals surface area contributed by atoms with Gasteiger partial charge in [-0.05, 0) is 19.4 Å². The van der Waals surface area contributed by atoms with E-state index < -0.39 is 0 Å². The minimum atomic E-state index is 0.477. The molecule has 0 bridgehead atoms. The second-order valence-electron chi connectivity index (χ2n) is 3.75. The fourth-order valence-electron chi connectivity index (χ4n) is 2.00. The van der Waals surface area contributed by atoms with Crippen LogP contribution in [0.2, 0.25) is 0 Å². The fraction of sp³-hybridized carbons (Fsp3) is 0.900. The highest BCUT2D eigenvalue weighted by atomic mass is 16.4. The summed E-state index contributed by atoms with van der Waals surface area (Å²) in [5.41, 5.74) is 0.995. The first-order chi connectivity index (χ1) is 6.31.